The smallest absolute Gasteiger partial charge is 0.313 e. The summed E-state index contributed by atoms with van der Waals surface area (Å²) in [5.74, 6) is 0.0756. The van der Waals surface area contributed by atoms with Gasteiger partial charge in [0, 0.05) is 6.07 Å². The molecule has 1 aromatic carbocycles. The van der Waals surface area contributed by atoms with Crippen LogP contribution in [0.25, 0.3) is 5.57 Å². The number of hydrogen-bond acceptors (Lipinski definition) is 3. The lowest BCUT2D eigenvalue weighted by molar-refractivity contribution is -0.385. The molecule has 1 rings (SSSR count). The van der Waals surface area contributed by atoms with Crippen LogP contribution in [0.4, 0.5) is 5.69 Å². The average Bonchev–Trinajstić information content (AvgIpc) is 2.16. The van der Waals surface area contributed by atoms with Gasteiger partial charge in [0.15, 0.2) is 0 Å². The number of hydrogen-bond donors (Lipinski definition) is 0. The molecule has 0 fully saturated rings. The van der Waals surface area contributed by atoms with Gasteiger partial charge in [0.1, 0.15) is 0 Å². The maximum Gasteiger partial charge on any atom is 0.313 e. The summed E-state index contributed by atoms with van der Waals surface area (Å²) in [6.07, 6.45) is 0. The van der Waals surface area contributed by atoms with Crippen LogP contribution in [0.3, 0.4) is 0 Å². The zero-order chi connectivity index (χ0) is 11.6. The van der Waals surface area contributed by atoms with Crippen molar-refractivity contribution in [3.8, 4) is 5.75 Å². The summed E-state index contributed by atoms with van der Waals surface area (Å²) in [5.41, 5.74) is 1.19. The Bertz CT molecular complexity index is 429. The van der Waals surface area contributed by atoms with E-state index in [4.69, 9.17) is 16.3 Å². The summed E-state index contributed by atoms with van der Waals surface area (Å²) in [6.45, 7) is 5.45. The van der Waals surface area contributed by atoms with E-state index in [1.54, 1.807) is 13.0 Å². The first-order valence-electron chi connectivity index (χ1n) is 4.15. The molecule has 15 heavy (non-hydrogen) atoms. The summed E-state index contributed by atoms with van der Waals surface area (Å²) < 4.78 is 4.87. The molecule has 0 aromatic heterocycles. The van der Waals surface area contributed by atoms with Gasteiger partial charge in [-0.25, -0.2) is 0 Å². The maximum atomic E-state index is 10.7. The van der Waals surface area contributed by atoms with Crippen molar-refractivity contribution in [2.24, 2.45) is 0 Å². The number of rotatable bonds is 3. The zero-order valence-electron chi connectivity index (χ0n) is 8.41. The van der Waals surface area contributed by atoms with E-state index >= 15 is 0 Å². The topological polar surface area (TPSA) is 52.4 Å². The molecule has 0 aliphatic rings. The number of halogens is 1. The minimum absolute atomic E-state index is 0.0756. The lowest BCUT2D eigenvalue weighted by atomic mass is 10.1. The van der Waals surface area contributed by atoms with Crippen molar-refractivity contribution in [3.63, 3.8) is 0 Å². The molecule has 0 saturated heterocycles. The molecule has 0 N–H and O–H groups in total. The van der Waals surface area contributed by atoms with Crippen molar-refractivity contribution in [2.75, 3.05) is 7.11 Å². The number of benzene rings is 1. The van der Waals surface area contributed by atoms with Crippen LogP contribution in [0.2, 0.25) is 5.02 Å². The van der Waals surface area contributed by atoms with Gasteiger partial charge in [0.2, 0.25) is 5.75 Å². The van der Waals surface area contributed by atoms with Crippen molar-refractivity contribution in [1.82, 2.24) is 0 Å². The Balaban J connectivity index is 3.45. The number of ether oxygens (including phenoxy) is 1. The Kier molecular flexibility index (Phi) is 3.31. The van der Waals surface area contributed by atoms with Crippen molar-refractivity contribution >= 4 is 22.9 Å². The van der Waals surface area contributed by atoms with Gasteiger partial charge in [-0.15, -0.1) is 0 Å². The number of nitro benzene ring substituents is 1. The van der Waals surface area contributed by atoms with E-state index in [1.807, 2.05) is 0 Å². The SMILES string of the molecule is C=C(C)c1cc(Cl)c(OC)c([N+](=O)[O-])c1. The van der Waals surface area contributed by atoms with Gasteiger partial charge in [0.25, 0.3) is 0 Å². The normalized spacial score (nSPS) is 9.80. The quantitative estimate of drug-likeness (QED) is 0.588. The minimum Gasteiger partial charge on any atom is -0.489 e. The minimum atomic E-state index is -0.531. The highest BCUT2D eigenvalue weighted by Crippen LogP contribution is 2.37. The second-order valence-electron chi connectivity index (χ2n) is 3.05. The molecule has 0 aliphatic carbocycles. The molecule has 0 radical (unpaired) electrons. The first-order chi connectivity index (χ1) is 6.97. The molecule has 0 atom stereocenters. The van der Waals surface area contributed by atoms with Crippen molar-refractivity contribution in [2.45, 2.75) is 6.92 Å². The van der Waals surface area contributed by atoms with Gasteiger partial charge < -0.3 is 4.74 Å². The van der Waals surface area contributed by atoms with Crippen LogP contribution >= 0.6 is 11.6 Å². The monoisotopic (exact) mass is 227 g/mol. The predicted octanol–water partition coefficient (Wildman–Crippen LogP) is 3.29. The summed E-state index contributed by atoms with van der Waals surface area (Å²) in [7, 11) is 1.34. The maximum absolute atomic E-state index is 10.7. The Morgan fingerprint density at radius 2 is 2.20 bits per heavy atom. The molecule has 0 spiro atoms. The Labute approximate surface area is 92.3 Å². The van der Waals surface area contributed by atoms with Gasteiger partial charge in [-0.05, 0) is 18.6 Å². The predicted molar refractivity (Wildman–Crippen MR) is 59.4 cm³/mol. The van der Waals surface area contributed by atoms with E-state index in [0.29, 0.717) is 11.1 Å². The molecule has 0 bridgehead atoms. The fourth-order valence-electron chi connectivity index (χ4n) is 1.16. The van der Waals surface area contributed by atoms with E-state index in [1.165, 1.54) is 13.2 Å². The van der Waals surface area contributed by atoms with Gasteiger partial charge in [-0.3, -0.25) is 10.1 Å². The molecule has 0 heterocycles. The summed E-state index contributed by atoms with van der Waals surface area (Å²) in [6, 6.07) is 2.99. The van der Waals surface area contributed by atoms with Crippen molar-refractivity contribution in [1.29, 1.82) is 0 Å². The molecule has 80 valence electrons. The van der Waals surface area contributed by atoms with E-state index in [-0.39, 0.29) is 16.5 Å². The van der Waals surface area contributed by atoms with Gasteiger partial charge in [0.05, 0.1) is 17.1 Å². The Morgan fingerprint density at radius 1 is 1.60 bits per heavy atom. The second-order valence-corrected chi connectivity index (χ2v) is 3.46. The molecule has 1 aromatic rings. The molecular formula is C10H10ClNO3. The van der Waals surface area contributed by atoms with Crippen LogP contribution in [0.15, 0.2) is 18.7 Å². The van der Waals surface area contributed by atoms with Crippen LogP contribution in [-0.4, -0.2) is 12.0 Å². The molecule has 0 saturated carbocycles. The Morgan fingerprint density at radius 3 is 2.60 bits per heavy atom. The first-order valence-corrected chi connectivity index (χ1v) is 4.53. The average molecular weight is 228 g/mol. The third-order valence-electron chi connectivity index (χ3n) is 1.92. The van der Waals surface area contributed by atoms with Gasteiger partial charge >= 0.3 is 5.69 Å². The van der Waals surface area contributed by atoms with Crippen LogP contribution in [0.5, 0.6) is 5.75 Å². The second kappa shape index (κ2) is 4.31. The fraction of sp³-hybridized carbons (Fsp3) is 0.200. The first kappa shape index (κ1) is 11.5. The van der Waals surface area contributed by atoms with Crippen LogP contribution in [-0.2, 0) is 0 Å². The molecule has 5 heteroatoms. The highest BCUT2D eigenvalue weighted by molar-refractivity contribution is 6.32. The largest absolute Gasteiger partial charge is 0.489 e. The van der Waals surface area contributed by atoms with Gasteiger partial charge in [-0.1, -0.05) is 23.8 Å². The third-order valence-corrected chi connectivity index (χ3v) is 2.20. The molecule has 0 aliphatic heterocycles. The van der Waals surface area contributed by atoms with Crippen LogP contribution < -0.4 is 4.74 Å². The van der Waals surface area contributed by atoms with Crippen LogP contribution in [0, 0.1) is 10.1 Å². The summed E-state index contributed by atoms with van der Waals surface area (Å²) in [4.78, 5) is 10.2. The lowest BCUT2D eigenvalue weighted by Gasteiger charge is -2.06. The molecule has 4 nitrogen and oxygen atoms in total. The zero-order valence-corrected chi connectivity index (χ0v) is 9.17. The fourth-order valence-corrected chi connectivity index (χ4v) is 1.45. The van der Waals surface area contributed by atoms with Crippen molar-refractivity contribution < 1.29 is 9.66 Å². The standard InChI is InChI=1S/C10H10ClNO3/c1-6(2)7-4-8(11)10(15-3)9(5-7)12(13)14/h4-5H,1H2,2-3H3. The number of nitrogens with zero attached hydrogens (tertiary/aromatic N) is 1. The van der Waals surface area contributed by atoms with E-state index in [0.717, 1.165) is 0 Å². The highest BCUT2D eigenvalue weighted by atomic mass is 35.5. The van der Waals surface area contributed by atoms with E-state index in [9.17, 15) is 10.1 Å². The van der Waals surface area contributed by atoms with Gasteiger partial charge in [-0.2, -0.15) is 0 Å². The van der Waals surface area contributed by atoms with Crippen LogP contribution in [0.1, 0.15) is 12.5 Å². The lowest BCUT2D eigenvalue weighted by Crippen LogP contribution is -1.95. The summed E-state index contributed by atoms with van der Waals surface area (Å²) in [5, 5.41) is 11.0. The Hall–Kier alpha value is -1.55. The van der Waals surface area contributed by atoms with E-state index in [2.05, 4.69) is 6.58 Å². The molecule has 0 unspecified atom stereocenters. The van der Waals surface area contributed by atoms with E-state index < -0.39 is 4.92 Å². The number of allylic oxidation sites excluding steroid dienone is 1. The molecule has 0 amide bonds. The van der Waals surface area contributed by atoms with Crippen molar-refractivity contribution in [3.05, 3.63) is 39.4 Å². The highest BCUT2D eigenvalue weighted by Gasteiger charge is 2.19. The molecular weight excluding hydrogens is 218 g/mol. The summed E-state index contributed by atoms with van der Waals surface area (Å²) >= 11 is 5.85. The third kappa shape index (κ3) is 2.27. The number of methoxy groups -OCH3 is 1. The number of nitro groups is 1.